The smallest absolute Gasteiger partial charge is 0.186 e. The second-order valence-corrected chi connectivity index (χ2v) is 2.86. The van der Waals surface area contributed by atoms with Gasteiger partial charge in [0.2, 0.25) is 0 Å². The maximum Gasteiger partial charge on any atom is 0.186 e. The average Bonchev–Trinajstić information content (AvgIpc) is 2.15. The van der Waals surface area contributed by atoms with E-state index in [2.05, 4.69) is 4.74 Å². The highest BCUT2D eigenvalue weighted by atomic mass is 19.1. The molecule has 6 heteroatoms. The summed E-state index contributed by atoms with van der Waals surface area (Å²) < 4.78 is 34.4. The van der Waals surface area contributed by atoms with E-state index in [1.165, 1.54) is 7.11 Å². The summed E-state index contributed by atoms with van der Waals surface area (Å²) in [5, 5.41) is 18.3. The van der Waals surface area contributed by atoms with Crippen LogP contribution >= 0.6 is 0 Å². The first kappa shape index (κ1) is 10.8. The van der Waals surface area contributed by atoms with Gasteiger partial charge >= 0.3 is 0 Å². The van der Waals surface area contributed by atoms with Crippen molar-refractivity contribution >= 4 is 0 Å². The monoisotopic (exact) mass is 198 g/mol. The molecule has 1 heterocycles. The molecule has 0 aromatic rings. The van der Waals surface area contributed by atoms with Gasteiger partial charge in [-0.3, -0.25) is 0 Å². The van der Waals surface area contributed by atoms with Gasteiger partial charge in [-0.05, 0) is 0 Å². The number of hydrogen-bond donors (Lipinski definition) is 2. The first-order valence-corrected chi connectivity index (χ1v) is 3.86. The molecule has 0 bridgehead atoms. The molecule has 0 unspecified atom stereocenters. The fourth-order valence-electron chi connectivity index (χ4n) is 1.21. The molecular weight excluding hydrogens is 186 g/mol. The van der Waals surface area contributed by atoms with Crippen molar-refractivity contribution in [2.45, 2.75) is 30.8 Å². The molecule has 1 rings (SSSR count). The standard InChI is InChI=1S/C7H12F2O4/c1-12-7-6(11)5(10)4(9)3(2-8)13-7/h3-7,10-11H,2H2,1H3/t3-,4+,5+,6+,7+/m1/s1. The van der Waals surface area contributed by atoms with E-state index in [-0.39, 0.29) is 0 Å². The van der Waals surface area contributed by atoms with Crippen LogP contribution in [0.25, 0.3) is 0 Å². The number of halogens is 2. The van der Waals surface area contributed by atoms with Gasteiger partial charge in [0.15, 0.2) is 12.5 Å². The molecule has 0 amide bonds. The largest absolute Gasteiger partial charge is 0.387 e. The quantitative estimate of drug-likeness (QED) is 0.621. The van der Waals surface area contributed by atoms with E-state index in [4.69, 9.17) is 14.9 Å². The van der Waals surface area contributed by atoms with Crippen LogP contribution in [-0.2, 0) is 9.47 Å². The van der Waals surface area contributed by atoms with Crippen molar-refractivity contribution in [3.05, 3.63) is 0 Å². The Morgan fingerprint density at radius 3 is 2.46 bits per heavy atom. The molecule has 13 heavy (non-hydrogen) atoms. The van der Waals surface area contributed by atoms with E-state index in [1.54, 1.807) is 0 Å². The number of hydrogen-bond acceptors (Lipinski definition) is 4. The van der Waals surface area contributed by atoms with Crippen molar-refractivity contribution in [3.63, 3.8) is 0 Å². The predicted molar refractivity (Wildman–Crippen MR) is 38.6 cm³/mol. The normalized spacial score (nSPS) is 46.4. The van der Waals surface area contributed by atoms with Gasteiger partial charge in [-0.25, -0.2) is 8.78 Å². The first-order valence-electron chi connectivity index (χ1n) is 3.86. The minimum atomic E-state index is -1.92. The molecule has 5 atom stereocenters. The van der Waals surface area contributed by atoms with Crippen LogP contribution in [0.3, 0.4) is 0 Å². The molecule has 0 radical (unpaired) electrons. The molecule has 1 aliphatic rings. The maximum absolute atomic E-state index is 13.0. The Kier molecular flexibility index (Phi) is 3.55. The van der Waals surface area contributed by atoms with Crippen molar-refractivity contribution in [2.75, 3.05) is 13.8 Å². The zero-order valence-corrected chi connectivity index (χ0v) is 7.06. The summed E-state index contributed by atoms with van der Waals surface area (Å²) in [7, 11) is 1.22. The third kappa shape index (κ3) is 1.96. The van der Waals surface area contributed by atoms with Crippen LogP contribution in [0.2, 0.25) is 0 Å². The lowest BCUT2D eigenvalue weighted by atomic mass is 10.0. The zero-order valence-electron chi connectivity index (χ0n) is 7.06. The van der Waals surface area contributed by atoms with E-state index < -0.39 is 37.4 Å². The molecule has 78 valence electrons. The molecule has 1 aliphatic heterocycles. The van der Waals surface area contributed by atoms with Gasteiger partial charge in [0.1, 0.15) is 25.0 Å². The molecule has 0 aliphatic carbocycles. The molecule has 2 N–H and O–H groups in total. The Morgan fingerprint density at radius 1 is 1.38 bits per heavy atom. The molecular formula is C7H12F2O4. The van der Waals surface area contributed by atoms with Crippen molar-refractivity contribution < 1.29 is 28.5 Å². The van der Waals surface area contributed by atoms with E-state index in [0.717, 1.165) is 0 Å². The van der Waals surface area contributed by atoms with Crippen LogP contribution in [0, 0.1) is 0 Å². The average molecular weight is 198 g/mol. The fraction of sp³-hybridized carbons (Fsp3) is 1.00. The summed E-state index contributed by atoms with van der Waals surface area (Å²) in [6, 6.07) is 0. The zero-order chi connectivity index (χ0) is 10.0. The number of alkyl halides is 2. The van der Waals surface area contributed by atoms with Crippen LogP contribution in [0.1, 0.15) is 0 Å². The van der Waals surface area contributed by atoms with E-state index >= 15 is 0 Å². The van der Waals surface area contributed by atoms with Crippen LogP contribution in [-0.4, -0.2) is 54.8 Å². The SMILES string of the molecule is CO[C@H]1O[C@H](CF)[C@H](F)[C@H](O)[C@@H]1O. The van der Waals surface area contributed by atoms with Crippen LogP contribution in [0.4, 0.5) is 8.78 Å². The Morgan fingerprint density at radius 2 is 2.00 bits per heavy atom. The van der Waals surface area contributed by atoms with Gasteiger partial charge < -0.3 is 19.7 Å². The molecule has 0 saturated carbocycles. The summed E-state index contributed by atoms with van der Waals surface area (Å²) in [6.07, 6.45) is -7.63. The van der Waals surface area contributed by atoms with Gasteiger partial charge in [-0.1, -0.05) is 0 Å². The summed E-state index contributed by atoms with van der Waals surface area (Å²) in [6.45, 7) is -1.06. The van der Waals surface area contributed by atoms with Crippen LogP contribution < -0.4 is 0 Å². The second-order valence-electron chi connectivity index (χ2n) is 2.86. The molecule has 4 nitrogen and oxygen atoms in total. The molecule has 1 fully saturated rings. The number of aliphatic hydroxyl groups excluding tert-OH is 2. The Bertz CT molecular complexity index is 149. The Balaban J connectivity index is 2.66. The molecule has 0 aromatic heterocycles. The lowest BCUT2D eigenvalue weighted by Gasteiger charge is -2.37. The predicted octanol–water partition coefficient (Wildman–Crippen LogP) is -0.613. The summed E-state index contributed by atoms with van der Waals surface area (Å²) >= 11 is 0. The summed E-state index contributed by atoms with van der Waals surface area (Å²) in [5.41, 5.74) is 0. The van der Waals surface area contributed by atoms with E-state index in [9.17, 15) is 8.78 Å². The third-order valence-corrected chi connectivity index (χ3v) is 2.00. The van der Waals surface area contributed by atoms with Gasteiger partial charge in [-0.2, -0.15) is 0 Å². The fourth-order valence-corrected chi connectivity index (χ4v) is 1.21. The molecule has 0 spiro atoms. The minimum Gasteiger partial charge on any atom is -0.387 e. The van der Waals surface area contributed by atoms with Gasteiger partial charge in [-0.15, -0.1) is 0 Å². The number of ether oxygens (including phenoxy) is 2. The topological polar surface area (TPSA) is 58.9 Å². The highest BCUT2D eigenvalue weighted by Gasteiger charge is 2.45. The first-order chi connectivity index (χ1) is 6.11. The van der Waals surface area contributed by atoms with Gasteiger partial charge in [0.25, 0.3) is 0 Å². The van der Waals surface area contributed by atoms with Crippen LogP contribution in [0.5, 0.6) is 0 Å². The number of methoxy groups -OCH3 is 1. The molecule has 0 aromatic carbocycles. The highest BCUT2D eigenvalue weighted by Crippen LogP contribution is 2.24. The van der Waals surface area contributed by atoms with Crippen molar-refractivity contribution in [1.29, 1.82) is 0 Å². The van der Waals surface area contributed by atoms with Crippen molar-refractivity contribution in [3.8, 4) is 0 Å². The van der Waals surface area contributed by atoms with Crippen molar-refractivity contribution in [1.82, 2.24) is 0 Å². The Hall–Kier alpha value is -0.300. The van der Waals surface area contributed by atoms with Crippen LogP contribution in [0.15, 0.2) is 0 Å². The van der Waals surface area contributed by atoms with Gasteiger partial charge in [0, 0.05) is 7.11 Å². The maximum atomic E-state index is 13.0. The number of aliphatic hydroxyl groups is 2. The minimum absolute atomic E-state index is 1.06. The Labute approximate surface area is 74.1 Å². The second kappa shape index (κ2) is 4.28. The third-order valence-electron chi connectivity index (χ3n) is 2.00. The van der Waals surface area contributed by atoms with E-state index in [1.807, 2.05) is 0 Å². The lowest BCUT2D eigenvalue weighted by Crippen LogP contribution is -2.56. The summed E-state index contributed by atoms with van der Waals surface area (Å²) in [4.78, 5) is 0. The molecule has 1 saturated heterocycles. The number of rotatable bonds is 2. The summed E-state index contributed by atoms with van der Waals surface area (Å²) in [5.74, 6) is 0. The highest BCUT2D eigenvalue weighted by molar-refractivity contribution is 4.89. The van der Waals surface area contributed by atoms with Crippen molar-refractivity contribution in [2.24, 2.45) is 0 Å². The van der Waals surface area contributed by atoms with E-state index in [0.29, 0.717) is 0 Å². The lowest BCUT2D eigenvalue weighted by molar-refractivity contribution is -0.280. The van der Waals surface area contributed by atoms with Gasteiger partial charge in [0.05, 0.1) is 0 Å².